The van der Waals surface area contributed by atoms with Crippen molar-refractivity contribution in [2.24, 2.45) is 0 Å². The van der Waals surface area contributed by atoms with Crippen molar-refractivity contribution in [3.05, 3.63) is 57.4 Å². The molecule has 0 aliphatic carbocycles. The molecule has 2 aromatic heterocycles. The first kappa shape index (κ1) is 17.5. The number of pyridine rings is 2. The van der Waals surface area contributed by atoms with E-state index in [4.69, 9.17) is 9.72 Å². The Labute approximate surface area is 166 Å². The van der Waals surface area contributed by atoms with Gasteiger partial charge in [0.1, 0.15) is 6.61 Å². The predicted octanol–water partition coefficient (Wildman–Crippen LogP) is 3.87. The number of rotatable bonds is 2. The van der Waals surface area contributed by atoms with Crippen LogP contribution in [0.15, 0.2) is 40.0 Å². The molecular weight excluding hydrogens is 372 g/mol. The van der Waals surface area contributed by atoms with E-state index >= 15 is 0 Å². The Kier molecular flexibility index (Phi) is 3.72. The van der Waals surface area contributed by atoms with Crippen LogP contribution >= 0.6 is 11.8 Å². The Hall–Kier alpha value is -2.60. The van der Waals surface area contributed by atoms with Gasteiger partial charge in [-0.25, -0.2) is 4.98 Å². The zero-order valence-electron chi connectivity index (χ0n) is 16.0. The summed E-state index contributed by atoms with van der Waals surface area (Å²) in [6, 6.07) is 10.1. The molecule has 0 fully saturated rings. The first-order chi connectivity index (χ1) is 13.5. The SMILES string of the molecule is CC[C@@]1(C)C(=O)OCc2c1cc1n(c2=O)Cc2c-1nc1ccccc1c2SC. The monoisotopic (exact) mass is 392 g/mol. The van der Waals surface area contributed by atoms with Crippen LogP contribution in [0.25, 0.3) is 22.3 Å². The highest BCUT2D eigenvalue weighted by Crippen LogP contribution is 2.42. The second kappa shape index (κ2) is 5.95. The van der Waals surface area contributed by atoms with Crippen molar-refractivity contribution in [3.63, 3.8) is 0 Å². The minimum Gasteiger partial charge on any atom is -0.460 e. The molecule has 28 heavy (non-hydrogen) atoms. The molecule has 0 saturated heterocycles. The number of aromatic nitrogens is 2. The number of hydrogen-bond acceptors (Lipinski definition) is 5. The average Bonchev–Trinajstić information content (AvgIpc) is 3.08. The van der Waals surface area contributed by atoms with Crippen LogP contribution in [0.2, 0.25) is 0 Å². The highest BCUT2D eigenvalue weighted by Gasteiger charge is 2.43. The highest BCUT2D eigenvalue weighted by atomic mass is 32.2. The average molecular weight is 392 g/mol. The van der Waals surface area contributed by atoms with E-state index in [1.165, 1.54) is 0 Å². The summed E-state index contributed by atoms with van der Waals surface area (Å²) in [5.74, 6) is -0.263. The maximum atomic E-state index is 13.3. The molecule has 1 atom stereocenters. The minimum absolute atomic E-state index is 0.0456. The second-order valence-electron chi connectivity index (χ2n) is 7.56. The molecule has 0 radical (unpaired) electrons. The number of cyclic esters (lactones) is 1. The van der Waals surface area contributed by atoms with Crippen molar-refractivity contribution in [3.8, 4) is 11.4 Å². The molecule has 142 valence electrons. The number of hydrogen-bond donors (Lipinski definition) is 0. The van der Waals surface area contributed by atoms with Crippen LogP contribution in [0.1, 0.15) is 37.0 Å². The lowest BCUT2D eigenvalue weighted by Crippen LogP contribution is -2.42. The highest BCUT2D eigenvalue weighted by molar-refractivity contribution is 7.98. The third kappa shape index (κ3) is 2.12. The van der Waals surface area contributed by atoms with E-state index < -0.39 is 5.41 Å². The van der Waals surface area contributed by atoms with Crippen LogP contribution in [-0.2, 0) is 28.1 Å². The van der Waals surface area contributed by atoms with Crippen LogP contribution < -0.4 is 5.56 Å². The quantitative estimate of drug-likeness (QED) is 0.383. The number of thioether (sulfide) groups is 1. The third-order valence-electron chi connectivity index (χ3n) is 6.20. The minimum atomic E-state index is -0.801. The van der Waals surface area contributed by atoms with Crippen molar-refractivity contribution >= 4 is 28.6 Å². The number of nitrogens with zero attached hydrogens (tertiary/aromatic N) is 2. The molecule has 0 saturated carbocycles. The molecule has 5 nitrogen and oxygen atoms in total. The van der Waals surface area contributed by atoms with Crippen LogP contribution in [0.5, 0.6) is 0 Å². The number of esters is 1. The molecule has 0 unspecified atom stereocenters. The summed E-state index contributed by atoms with van der Waals surface area (Å²) >= 11 is 1.68. The Balaban J connectivity index is 1.84. The lowest BCUT2D eigenvalue weighted by atomic mass is 9.76. The fourth-order valence-electron chi connectivity index (χ4n) is 4.39. The smallest absolute Gasteiger partial charge is 0.316 e. The van der Waals surface area contributed by atoms with Gasteiger partial charge in [0.05, 0.1) is 34.4 Å². The summed E-state index contributed by atoms with van der Waals surface area (Å²) in [5, 5.41) is 1.11. The van der Waals surface area contributed by atoms with E-state index in [-0.39, 0.29) is 18.1 Å². The lowest BCUT2D eigenvalue weighted by Gasteiger charge is -2.33. The molecule has 4 heterocycles. The summed E-state index contributed by atoms with van der Waals surface area (Å²) in [4.78, 5) is 31.9. The molecule has 0 amide bonds. The summed E-state index contributed by atoms with van der Waals surface area (Å²) in [5.41, 5.74) is 4.15. The van der Waals surface area contributed by atoms with Crippen LogP contribution in [0.4, 0.5) is 0 Å². The van der Waals surface area contributed by atoms with Gasteiger partial charge in [-0.15, -0.1) is 11.8 Å². The van der Waals surface area contributed by atoms with Gasteiger partial charge in [-0.05, 0) is 37.3 Å². The molecule has 0 bridgehead atoms. The predicted molar refractivity (Wildman–Crippen MR) is 110 cm³/mol. The van der Waals surface area contributed by atoms with Gasteiger partial charge in [0.2, 0.25) is 0 Å². The fourth-order valence-corrected chi connectivity index (χ4v) is 5.19. The Morgan fingerprint density at radius 3 is 2.79 bits per heavy atom. The van der Waals surface area contributed by atoms with Gasteiger partial charge in [0.15, 0.2) is 0 Å². The van der Waals surface area contributed by atoms with E-state index in [1.54, 1.807) is 16.3 Å². The number of fused-ring (bicyclic) bond motifs is 5. The number of carbonyl (C=O) groups excluding carboxylic acids is 1. The van der Waals surface area contributed by atoms with Gasteiger partial charge in [-0.3, -0.25) is 9.59 Å². The summed E-state index contributed by atoms with van der Waals surface area (Å²) in [6.45, 7) is 4.36. The fraction of sp³-hybridized carbons (Fsp3) is 0.318. The standard InChI is InChI=1S/C22H20N2O3S/c1-4-22(2)15-9-17-18-13(10-24(17)20(25)14(15)11-27-21(22)26)19(28-3)12-7-5-6-8-16(12)23-18/h5-9H,4,10-11H2,1-3H3/t22-/m1/s1. The van der Waals surface area contributed by atoms with Crippen molar-refractivity contribution < 1.29 is 9.53 Å². The van der Waals surface area contributed by atoms with Crippen LogP contribution in [0.3, 0.4) is 0 Å². The van der Waals surface area contributed by atoms with E-state index in [0.29, 0.717) is 18.5 Å². The number of para-hydroxylation sites is 1. The molecule has 6 heteroatoms. The first-order valence-corrected chi connectivity index (χ1v) is 10.6. The largest absolute Gasteiger partial charge is 0.460 e. The van der Waals surface area contributed by atoms with Crippen LogP contribution in [-0.4, -0.2) is 21.8 Å². The van der Waals surface area contributed by atoms with E-state index in [1.807, 2.05) is 38.1 Å². The van der Waals surface area contributed by atoms with Gasteiger partial charge in [0, 0.05) is 15.8 Å². The van der Waals surface area contributed by atoms with Crippen molar-refractivity contribution in [1.82, 2.24) is 9.55 Å². The van der Waals surface area contributed by atoms with Crippen molar-refractivity contribution in [1.29, 1.82) is 0 Å². The van der Waals surface area contributed by atoms with Gasteiger partial charge >= 0.3 is 5.97 Å². The van der Waals surface area contributed by atoms with E-state index in [9.17, 15) is 9.59 Å². The van der Waals surface area contributed by atoms with Crippen LogP contribution in [0, 0.1) is 0 Å². The molecule has 0 spiro atoms. The molecule has 0 N–H and O–H groups in total. The van der Waals surface area contributed by atoms with Gasteiger partial charge in [-0.2, -0.15) is 0 Å². The topological polar surface area (TPSA) is 61.2 Å². The van der Waals surface area contributed by atoms with Gasteiger partial charge < -0.3 is 9.30 Å². The van der Waals surface area contributed by atoms with E-state index in [2.05, 4.69) is 12.3 Å². The second-order valence-corrected chi connectivity index (χ2v) is 8.38. The van der Waals surface area contributed by atoms with Crippen molar-refractivity contribution in [2.75, 3.05) is 6.26 Å². The molecule has 3 aromatic rings. The zero-order chi connectivity index (χ0) is 19.6. The summed E-state index contributed by atoms with van der Waals surface area (Å²) in [7, 11) is 0. The first-order valence-electron chi connectivity index (χ1n) is 9.40. The Morgan fingerprint density at radius 1 is 1.25 bits per heavy atom. The van der Waals surface area contributed by atoms with Gasteiger partial charge in [-0.1, -0.05) is 25.1 Å². The molecule has 5 rings (SSSR count). The molecule has 2 aliphatic heterocycles. The number of ether oxygens (including phenoxy) is 1. The summed E-state index contributed by atoms with van der Waals surface area (Å²) in [6.07, 6.45) is 2.63. The molecule has 1 aromatic carbocycles. The van der Waals surface area contributed by atoms with Gasteiger partial charge in [0.25, 0.3) is 5.56 Å². The van der Waals surface area contributed by atoms with E-state index in [0.717, 1.165) is 38.3 Å². The maximum Gasteiger partial charge on any atom is 0.316 e. The van der Waals surface area contributed by atoms with Crippen molar-refractivity contribution in [2.45, 2.75) is 43.7 Å². The Bertz CT molecular complexity index is 1230. The number of benzene rings is 1. The molecule has 2 aliphatic rings. The lowest BCUT2D eigenvalue weighted by molar-refractivity contribution is -0.153. The number of carbonyl (C=O) groups is 1. The summed E-state index contributed by atoms with van der Waals surface area (Å²) < 4.78 is 7.15. The molecular formula is C22H20N2O3S. The zero-order valence-corrected chi connectivity index (χ0v) is 16.9. The Morgan fingerprint density at radius 2 is 2.04 bits per heavy atom. The normalized spacial score (nSPS) is 19.9. The maximum absolute atomic E-state index is 13.3. The third-order valence-corrected chi connectivity index (χ3v) is 7.08.